The number of amidine groups is 1. The van der Waals surface area contributed by atoms with Crippen LogP contribution < -0.4 is 11.1 Å². The number of nitrogens with two attached hydrogens (primary N) is 1. The van der Waals surface area contributed by atoms with Crippen LogP contribution in [0.4, 0.5) is 5.69 Å². The number of thioether (sulfide) groups is 1. The summed E-state index contributed by atoms with van der Waals surface area (Å²) in [5, 5.41) is 5.21. The molecule has 3 heterocycles. The summed E-state index contributed by atoms with van der Waals surface area (Å²) in [7, 11) is 0. The van der Waals surface area contributed by atoms with Gasteiger partial charge in [0.2, 0.25) is 0 Å². The number of aryl methyl sites for hydroxylation is 1. The average Bonchev–Trinajstić information content (AvgIpc) is 3.17. The zero-order chi connectivity index (χ0) is 15.9. The molecule has 4 nitrogen and oxygen atoms in total. The Balaban J connectivity index is 1.39. The summed E-state index contributed by atoms with van der Waals surface area (Å²) in [5.41, 5.74) is 10.0. The minimum Gasteiger partial charge on any atom is -0.399 e. The molecule has 5 heteroatoms. The molecular formula is C18H26N4S. The van der Waals surface area contributed by atoms with Gasteiger partial charge in [0.25, 0.3) is 0 Å². The SMILES string of the molecule is Cc1cc(N)cc(C2CN=C(N3CCC4(CCNC4)CC3)S2)c1. The molecule has 1 unspecified atom stereocenters. The van der Waals surface area contributed by atoms with E-state index < -0.39 is 0 Å². The highest BCUT2D eigenvalue weighted by molar-refractivity contribution is 8.14. The number of rotatable bonds is 1. The van der Waals surface area contributed by atoms with Gasteiger partial charge in [0.1, 0.15) is 0 Å². The first-order valence-corrected chi connectivity index (χ1v) is 9.55. The molecule has 1 aromatic carbocycles. The standard InChI is InChI=1S/C18H26N4S/c1-13-8-14(10-15(19)9-13)16-11-21-17(23-16)22-6-3-18(4-7-22)2-5-20-12-18/h8-10,16,20H,2-7,11-12,19H2,1H3. The predicted octanol–water partition coefficient (Wildman–Crippen LogP) is 2.80. The van der Waals surface area contributed by atoms with E-state index in [9.17, 15) is 0 Å². The Hall–Kier alpha value is -1.20. The van der Waals surface area contributed by atoms with Crippen LogP contribution in [0.15, 0.2) is 23.2 Å². The number of likely N-dealkylation sites (tertiary alicyclic amines) is 1. The van der Waals surface area contributed by atoms with Crippen LogP contribution >= 0.6 is 11.8 Å². The number of nitrogens with one attached hydrogen (secondary N) is 1. The van der Waals surface area contributed by atoms with Gasteiger partial charge in [0.15, 0.2) is 5.17 Å². The summed E-state index contributed by atoms with van der Waals surface area (Å²) in [4.78, 5) is 7.35. The zero-order valence-corrected chi connectivity index (χ0v) is 14.7. The lowest BCUT2D eigenvalue weighted by molar-refractivity contribution is 0.170. The zero-order valence-electron chi connectivity index (χ0n) is 13.8. The molecule has 0 amide bonds. The van der Waals surface area contributed by atoms with Gasteiger partial charge in [0.05, 0.1) is 11.8 Å². The monoisotopic (exact) mass is 330 g/mol. The molecule has 1 aromatic rings. The molecule has 3 aliphatic rings. The molecule has 1 atom stereocenters. The van der Waals surface area contributed by atoms with E-state index in [1.54, 1.807) is 0 Å². The van der Waals surface area contributed by atoms with Crippen molar-refractivity contribution in [2.24, 2.45) is 10.4 Å². The minimum absolute atomic E-state index is 0.427. The first-order chi connectivity index (χ1) is 11.1. The van der Waals surface area contributed by atoms with Crippen molar-refractivity contribution in [1.29, 1.82) is 0 Å². The van der Waals surface area contributed by atoms with Gasteiger partial charge in [-0.3, -0.25) is 4.99 Å². The van der Waals surface area contributed by atoms with Crippen LogP contribution in [-0.2, 0) is 0 Å². The van der Waals surface area contributed by atoms with Crippen LogP contribution in [0.1, 0.15) is 35.6 Å². The van der Waals surface area contributed by atoms with Gasteiger partial charge in [-0.1, -0.05) is 17.8 Å². The number of piperidine rings is 1. The molecular weight excluding hydrogens is 304 g/mol. The van der Waals surface area contributed by atoms with E-state index >= 15 is 0 Å². The Morgan fingerprint density at radius 1 is 1.26 bits per heavy atom. The van der Waals surface area contributed by atoms with E-state index in [0.29, 0.717) is 10.7 Å². The second-order valence-electron chi connectivity index (χ2n) is 7.32. The van der Waals surface area contributed by atoms with E-state index in [4.69, 9.17) is 10.7 Å². The van der Waals surface area contributed by atoms with Crippen LogP contribution in [0, 0.1) is 12.3 Å². The highest BCUT2D eigenvalue weighted by atomic mass is 32.2. The third-order valence-electron chi connectivity index (χ3n) is 5.56. The van der Waals surface area contributed by atoms with Crippen molar-refractivity contribution >= 4 is 22.6 Å². The second kappa shape index (κ2) is 6.02. The molecule has 0 radical (unpaired) electrons. The van der Waals surface area contributed by atoms with Gasteiger partial charge < -0.3 is 16.0 Å². The Morgan fingerprint density at radius 3 is 2.78 bits per heavy atom. The maximum absolute atomic E-state index is 6.01. The first kappa shape index (κ1) is 15.3. The molecule has 2 fully saturated rings. The number of benzene rings is 1. The third-order valence-corrected chi connectivity index (χ3v) is 6.86. The number of nitrogens with zero attached hydrogens (tertiary/aromatic N) is 2. The summed E-state index contributed by atoms with van der Waals surface area (Å²) in [6, 6.07) is 6.39. The third kappa shape index (κ3) is 3.09. The van der Waals surface area contributed by atoms with Crippen molar-refractivity contribution in [3.63, 3.8) is 0 Å². The second-order valence-corrected chi connectivity index (χ2v) is 8.49. The van der Waals surface area contributed by atoms with Gasteiger partial charge in [-0.25, -0.2) is 0 Å². The van der Waals surface area contributed by atoms with Gasteiger partial charge >= 0.3 is 0 Å². The molecule has 1 spiro atoms. The van der Waals surface area contributed by atoms with E-state index in [1.165, 1.54) is 48.6 Å². The molecule has 3 aliphatic heterocycles. The van der Waals surface area contributed by atoms with Crippen molar-refractivity contribution < 1.29 is 0 Å². The quantitative estimate of drug-likeness (QED) is 0.778. The molecule has 0 aliphatic carbocycles. The summed E-state index contributed by atoms with van der Waals surface area (Å²) in [6.45, 7) is 7.73. The Kier molecular flexibility index (Phi) is 4.01. The van der Waals surface area contributed by atoms with Crippen LogP contribution in [0.3, 0.4) is 0 Å². The number of hydrogen-bond acceptors (Lipinski definition) is 5. The van der Waals surface area contributed by atoms with E-state index in [0.717, 1.165) is 25.3 Å². The van der Waals surface area contributed by atoms with Gasteiger partial charge in [-0.15, -0.1) is 0 Å². The highest BCUT2D eigenvalue weighted by Gasteiger charge is 2.38. The fourth-order valence-corrected chi connectivity index (χ4v) is 5.29. The van der Waals surface area contributed by atoms with Crippen molar-refractivity contribution in [2.45, 2.75) is 31.4 Å². The summed E-state index contributed by atoms with van der Waals surface area (Å²) < 4.78 is 0. The molecule has 23 heavy (non-hydrogen) atoms. The van der Waals surface area contributed by atoms with Crippen LogP contribution in [0.2, 0.25) is 0 Å². The Labute approximate surface area is 142 Å². The fraction of sp³-hybridized carbons (Fsp3) is 0.611. The number of aliphatic imine (C=N–C) groups is 1. The van der Waals surface area contributed by atoms with E-state index in [1.807, 2.05) is 17.8 Å². The Bertz CT molecular complexity index is 591. The molecule has 0 bridgehead atoms. The minimum atomic E-state index is 0.427. The van der Waals surface area contributed by atoms with Crippen LogP contribution in [0.5, 0.6) is 0 Å². The lowest BCUT2D eigenvalue weighted by Crippen LogP contribution is -2.42. The van der Waals surface area contributed by atoms with Crippen LogP contribution in [-0.4, -0.2) is 42.8 Å². The molecule has 2 saturated heterocycles. The van der Waals surface area contributed by atoms with Gasteiger partial charge in [-0.2, -0.15) is 0 Å². The maximum atomic E-state index is 6.01. The van der Waals surface area contributed by atoms with Crippen molar-refractivity contribution in [2.75, 3.05) is 38.5 Å². The number of nitrogen functional groups attached to an aromatic ring is 1. The van der Waals surface area contributed by atoms with E-state index in [-0.39, 0.29) is 0 Å². The molecule has 124 valence electrons. The first-order valence-electron chi connectivity index (χ1n) is 8.67. The maximum Gasteiger partial charge on any atom is 0.159 e. The summed E-state index contributed by atoms with van der Waals surface area (Å²) >= 11 is 1.92. The number of anilines is 1. The molecule has 4 rings (SSSR count). The highest BCUT2D eigenvalue weighted by Crippen LogP contribution is 2.41. The number of hydrogen-bond donors (Lipinski definition) is 2. The summed E-state index contributed by atoms with van der Waals surface area (Å²) in [5.74, 6) is 0. The topological polar surface area (TPSA) is 53.6 Å². The molecule has 0 aromatic heterocycles. The average molecular weight is 331 g/mol. The molecule has 0 saturated carbocycles. The van der Waals surface area contributed by atoms with Gasteiger partial charge in [-0.05, 0) is 61.4 Å². The fourth-order valence-electron chi connectivity index (χ4n) is 4.13. The Morgan fingerprint density at radius 2 is 2.09 bits per heavy atom. The van der Waals surface area contributed by atoms with Crippen molar-refractivity contribution in [1.82, 2.24) is 10.2 Å². The largest absolute Gasteiger partial charge is 0.399 e. The normalized spacial score (nSPS) is 26.7. The smallest absolute Gasteiger partial charge is 0.159 e. The van der Waals surface area contributed by atoms with Gasteiger partial charge in [0, 0.05) is 25.3 Å². The molecule has 3 N–H and O–H groups in total. The predicted molar refractivity (Wildman–Crippen MR) is 99.0 cm³/mol. The summed E-state index contributed by atoms with van der Waals surface area (Å²) in [6.07, 6.45) is 3.97. The van der Waals surface area contributed by atoms with Crippen molar-refractivity contribution in [3.8, 4) is 0 Å². The van der Waals surface area contributed by atoms with E-state index in [2.05, 4.69) is 29.3 Å². The van der Waals surface area contributed by atoms with Crippen LogP contribution in [0.25, 0.3) is 0 Å². The lowest BCUT2D eigenvalue weighted by Gasteiger charge is -2.39. The van der Waals surface area contributed by atoms with Crippen molar-refractivity contribution in [3.05, 3.63) is 29.3 Å². The lowest BCUT2D eigenvalue weighted by atomic mass is 9.78.